The van der Waals surface area contributed by atoms with Crippen LogP contribution in [0.1, 0.15) is 51.4 Å². The van der Waals surface area contributed by atoms with Crippen LogP contribution in [0, 0.1) is 0 Å². The largest absolute Gasteiger partial charge is 0.481 e. The zero-order valence-electron chi connectivity index (χ0n) is 9.37. The van der Waals surface area contributed by atoms with Gasteiger partial charge in [-0.1, -0.05) is 25.7 Å². The molecule has 0 aromatic heterocycles. The van der Waals surface area contributed by atoms with Crippen molar-refractivity contribution in [2.45, 2.75) is 51.4 Å². The Labute approximate surface area is 94.9 Å². The molecule has 0 radical (unpaired) electrons. The van der Waals surface area contributed by atoms with Crippen molar-refractivity contribution in [1.29, 1.82) is 0 Å². The average Bonchev–Trinajstić information content (AvgIpc) is 2.08. The first kappa shape index (κ1) is 20.3. The van der Waals surface area contributed by atoms with E-state index in [0.29, 0.717) is 0 Å². The molecule has 0 rings (SSSR count). The van der Waals surface area contributed by atoms with Crippen LogP contribution in [-0.4, -0.2) is 33.1 Å². The molecule has 0 spiro atoms. The molecule has 0 aliphatic carbocycles. The van der Waals surface area contributed by atoms with Crippen LogP contribution >= 0.6 is 0 Å². The van der Waals surface area contributed by atoms with Gasteiger partial charge >= 0.3 is 11.9 Å². The fraction of sp³-hybridized carbons (Fsp3) is 0.800. The second kappa shape index (κ2) is 13.9. The van der Waals surface area contributed by atoms with Crippen LogP contribution < -0.4 is 0 Å². The molecule has 0 aromatic carbocycles. The van der Waals surface area contributed by atoms with Gasteiger partial charge in [-0.15, -0.1) is 0 Å². The van der Waals surface area contributed by atoms with E-state index < -0.39 is 11.9 Å². The SMILES string of the molecule is O.O.O=C(O)CCCCCCCCC(=O)O. The predicted octanol–water partition coefficient (Wildman–Crippen LogP) is 0.627. The number of unbranched alkanes of at least 4 members (excludes halogenated alkanes) is 5. The van der Waals surface area contributed by atoms with Gasteiger partial charge in [0.05, 0.1) is 0 Å². The molecule has 0 fully saturated rings. The predicted molar refractivity (Wildman–Crippen MR) is 59.4 cm³/mol. The minimum Gasteiger partial charge on any atom is -0.481 e. The van der Waals surface area contributed by atoms with Gasteiger partial charge in [-0.3, -0.25) is 9.59 Å². The van der Waals surface area contributed by atoms with E-state index in [9.17, 15) is 9.59 Å². The first-order chi connectivity index (χ1) is 6.63. The maximum absolute atomic E-state index is 10.1. The summed E-state index contributed by atoms with van der Waals surface area (Å²) in [5.41, 5.74) is 0. The highest BCUT2D eigenvalue weighted by Crippen LogP contribution is 2.08. The van der Waals surface area contributed by atoms with Crippen molar-refractivity contribution >= 4 is 11.9 Å². The van der Waals surface area contributed by atoms with Gasteiger partial charge in [0.15, 0.2) is 0 Å². The minimum atomic E-state index is -0.740. The van der Waals surface area contributed by atoms with E-state index >= 15 is 0 Å². The maximum Gasteiger partial charge on any atom is 0.303 e. The van der Waals surface area contributed by atoms with Crippen molar-refractivity contribution in [3.63, 3.8) is 0 Å². The summed E-state index contributed by atoms with van der Waals surface area (Å²) in [6, 6.07) is 0. The smallest absolute Gasteiger partial charge is 0.303 e. The van der Waals surface area contributed by atoms with Crippen molar-refractivity contribution < 1.29 is 30.8 Å². The van der Waals surface area contributed by atoms with E-state index in [1.807, 2.05) is 0 Å². The Balaban J connectivity index is -0.000000845. The molecule has 6 heteroatoms. The van der Waals surface area contributed by atoms with E-state index in [4.69, 9.17) is 10.2 Å². The van der Waals surface area contributed by atoms with Crippen LogP contribution in [0.4, 0.5) is 0 Å². The van der Waals surface area contributed by atoms with Gasteiger partial charge in [-0.05, 0) is 12.8 Å². The topological polar surface area (TPSA) is 138 Å². The van der Waals surface area contributed by atoms with Gasteiger partial charge < -0.3 is 21.2 Å². The molecular weight excluding hydrogens is 216 g/mol. The van der Waals surface area contributed by atoms with Crippen molar-refractivity contribution in [1.82, 2.24) is 0 Å². The lowest BCUT2D eigenvalue weighted by Gasteiger charge is -1.98. The first-order valence-electron chi connectivity index (χ1n) is 5.06. The van der Waals surface area contributed by atoms with E-state index in [1.165, 1.54) is 0 Å². The average molecular weight is 238 g/mol. The third-order valence-electron chi connectivity index (χ3n) is 2.03. The molecule has 0 atom stereocenters. The summed E-state index contributed by atoms with van der Waals surface area (Å²) >= 11 is 0. The fourth-order valence-electron chi connectivity index (χ4n) is 1.26. The number of carboxylic acids is 2. The number of aliphatic carboxylic acids is 2. The number of carbonyl (C=O) groups is 2. The highest BCUT2D eigenvalue weighted by molar-refractivity contribution is 5.66. The Morgan fingerprint density at radius 1 is 0.625 bits per heavy atom. The molecule has 6 N–H and O–H groups in total. The zero-order chi connectivity index (χ0) is 10.8. The monoisotopic (exact) mass is 238 g/mol. The summed E-state index contributed by atoms with van der Waals surface area (Å²) < 4.78 is 0. The van der Waals surface area contributed by atoms with Gasteiger partial charge in [0, 0.05) is 12.8 Å². The van der Waals surface area contributed by atoms with Crippen molar-refractivity contribution in [3.8, 4) is 0 Å². The first-order valence-corrected chi connectivity index (χ1v) is 5.06. The van der Waals surface area contributed by atoms with E-state index in [0.717, 1.165) is 38.5 Å². The summed E-state index contributed by atoms with van der Waals surface area (Å²) in [7, 11) is 0. The lowest BCUT2D eigenvalue weighted by atomic mass is 10.1. The third kappa shape index (κ3) is 18.6. The molecule has 0 heterocycles. The number of rotatable bonds is 9. The van der Waals surface area contributed by atoms with Crippen molar-refractivity contribution in [2.24, 2.45) is 0 Å². The highest BCUT2D eigenvalue weighted by atomic mass is 16.4. The van der Waals surface area contributed by atoms with Crippen LogP contribution in [0.3, 0.4) is 0 Å². The second-order valence-corrected chi connectivity index (χ2v) is 3.41. The molecular formula is C10H22O6. The summed E-state index contributed by atoms with van der Waals surface area (Å²) in [6.07, 6.45) is 5.82. The Hall–Kier alpha value is -1.14. The summed E-state index contributed by atoms with van der Waals surface area (Å²) in [5, 5.41) is 16.7. The maximum atomic E-state index is 10.1. The molecule has 0 amide bonds. The molecule has 0 saturated heterocycles. The molecule has 0 aliphatic heterocycles. The molecule has 0 bridgehead atoms. The molecule has 98 valence electrons. The molecule has 16 heavy (non-hydrogen) atoms. The quantitative estimate of drug-likeness (QED) is 0.568. The standard InChI is InChI=1S/C10H18O4.2H2O/c11-9(12)7-5-3-1-2-4-6-8-10(13)14;;/h1-8H2,(H,11,12)(H,13,14);2*1H2. The number of carboxylic acid groups (broad SMARTS) is 2. The van der Waals surface area contributed by atoms with Gasteiger partial charge in [0.25, 0.3) is 0 Å². The summed E-state index contributed by atoms with van der Waals surface area (Å²) in [4.78, 5) is 20.3. The number of hydrogen-bond donors (Lipinski definition) is 2. The lowest BCUT2D eigenvalue weighted by Crippen LogP contribution is -1.94. The van der Waals surface area contributed by atoms with Crippen LogP contribution in [0.15, 0.2) is 0 Å². The normalized spacial score (nSPS) is 8.75. The van der Waals surface area contributed by atoms with Crippen LogP contribution in [0.25, 0.3) is 0 Å². The Bertz CT molecular complexity index is 160. The summed E-state index contributed by atoms with van der Waals surface area (Å²) in [6.45, 7) is 0. The number of hydrogen-bond acceptors (Lipinski definition) is 2. The van der Waals surface area contributed by atoms with Gasteiger partial charge in [-0.2, -0.15) is 0 Å². The van der Waals surface area contributed by atoms with Gasteiger partial charge in [0.2, 0.25) is 0 Å². The van der Waals surface area contributed by atoms with E-state index in [2.05, 4.69) is 0 Å². The van der Waals surface area contributed by atoms with Crippen molar-refractivity contribution in [2.75, 3.05) is 0 Å². The van der Waals surface area contributed by atoms with Gasteiger partial charge in [0.1, 0.15) is 0 Å². The zero-order valence-corrected chi connectivity index (χ0v) is 9.37. The molecule has 0 saturated carbocycles. The molecule has 6 nitrogen and oxygen atoms in total. The van der Waals surface area contributed by atoms with E-state index in [1.54, 1.807) is 0 Å². The van der Waals surface area contributed by atoms with Crippen LogP contribution in [0.2, 0.25) is 0 Å². The van der Waals surface area contributed by atoms with Gasteiger partial charge in [-0.25, -0.2) is 0 Å². The minimum absolute atomic E-state index is 0. The third-order valence-corrected chi connectivity index (χ3v) is 2.03. The molecule has 0 aliphatic rings. The molecule has 0 aromatic rings. The Morgan fingerprint density at radius 2 is 0.875 bits per heavy atom. The van der Waals surface area contributed by atoms with Crippen LogP contribution in [0.5, 0.6) is 0 Å². The lowest BCUT2D eigenvalue weighted by molar-refractivity contribution is -0.138. The Kier molecular flexibility index (Phi) is 17.6. The fourth-order valence-corrected chi connectivity index (χ4v) is 1.26. The highest BCUT2D eigenvalue weighted by Gasteiger charge is 1.98. The summed E-state index contributed by atoms with van der Waals surface area (Å²) in [5.74, 6) is -1.48. The van der Waals surface area contributed by atoms with E-state index in [-0.39, 0.29) is 23.8 Å². The van der Waals surface area contributed by atoms with Crippen molar-refractivity contribution in [3.05, 3.63) is 0 Å². The van der Waals surface area contributed by atoms with Crippen LogP contribution in [-0.2, 0) is 9.59 Å². The molecule has 0 unspecified atom stereocenters. The Morgan fingerprint density at radius 3 is 1.12 bits per heavy atom. The second-order valence-electron chi connectivity index (χ2n) is 3.41.